The van der Waals surface area contributed by atoms with Crippen LogP contribution >= 0.6 is 0 Å². The van der Waals surface area contributed by atoms with Crippen molar-refractivity contribution >= 4 is 11.6 Å². The first-order valence-electron chi connectivity index (χ1n) is 5.74. The Bertz CT molecular complexity index is 311. The molecule has 1 amide bonds. The minimum Gasteiger partial charge on any atom is -0.396 e. The zero-order chi connectivity index (χ0) is 11.8. The van der Waals surface area contributed by atoms with E-state index in [2.05, 4.69) is 5.32 Å². The zero-order valence-electron chi connectivity index (χ0n) is 9.65. The standard InChI is InChI=1S/C13H19NO2/c1-2-11(7-6-10-15)13(16)14-12-8-4-3-5-9-12/h3-5,8-9,11,15H,2,6-7,10H2,1H3,(H,14,16). The molecule has 0 aliphatic heterocycles. The summed E-state index contributed by atoms with van der Waals surface area (Å²) in [4.78, 5) is 11.9. The van der Waals surface area contributed by atoms with Crippen LogP contribution in [0, 0.1) is 5.92 Å². The van der Waals surface area contributed by atoms with Gasteiger partial charge in [-0.3, -0.25) is 4.79 Å². The van der Waals surface area contributed by atoms with E-state index in [1.807, 2.05) is 37.3 Å². The maximum absolute atomic E-state index is 11.9. The largest absolute Gasteiger partial charge is 0.396 e. The van der Waals surface area contributed by atoms with E-state index < -0.39 is 0 Å². The molecule has 0 radical (unpaired) electrons. The van der Waals surface area contributed by atoms with E-state index in [-0.39, 0.29) is 18.4 Å². The van der Waals surface area contributed by atoms with Crippen molar-refractivity contribution < 1.29 is 9.90 Å². The van der Waals surface area contributed by atoms with Gasteiger partial charge in [-0.15, -0.1) is 0 Å². The van der Waals surface area contributed by atoms with Crippen molar-refractivity contribution in [3.8, 4) is 0 Å². The lowest BCUT2D eigenvalue weighted by Crippen LogP contribution is -2.22. The average molecular weight is 221 g/mol. The lowest BCUT2D eigenvalue weighted by Gasteiger charge is -2.14. The van der Waals surface area contributed by atoms with Crippen molar-refractivity contribution in [2.24, 2.45) is 5.92 Å². The van der Waals surface area contributed by atoms with Gasteiger partial charge in [0.2, 0.25) is 5.91 Å². The number of hydrogen-bond donors (Lipinski definition) is 2. The molecule has 0 aromatic heterocycles. The smallest absolute Gasteiger partial charge is 0.227 e. The van der Waals surface area contributed by atoms with Crippen LogP contribution in [-0.4, -0.2) is 17.6 Å². The van der Waals surface area contributed by atoms with Gasteiger partial charge >= 0.3 is 0 Å². The molecule has 0 aliphatic carbocycles. The van der Waals surface area contributed by atoms with Crippen molar-refractivity contribution in [2.45, 2.75) is 26.2 Å². The molecular weight excluding hydrogens is 202 g/mol. The summed E-state index contributed by atoms with van der Waals surface area (Å²) in [6, 6.07) is 9.45. The third-order valence-corrected chi connectivity index (χ3v) is 2.62. The van der Waals surface area contributed by atoms with Crippen molar-refractivity contribution in [3.05, 3.63) is 30.3 Å². The third kappa shape index (κ3) is 4.03. The van der Waals surface area contributed by atoms with Gasteiger partial charge in [0.15, 0.2) is 0 Å². The molecule has 1 aromatic rings. The van der Waals surface area contributed by atoms with E-state index in [0.717, 1.165) is 18.5 Å². The van der Waals surface area contributed by atoms with Crippen LogP contribution in [0.15, 0.2) is 30.3 Å². The minimum absolute atomic E-state index is 0.00708. The molecule has 0 fully saturated rings. The minimum atomic E-state index is -0.00708. The third-order valence-electron chi connectivity index (χ3n) is 2.62. The summed E-state index contributed by atoms with van der Waals surface area (Å²) in [7, 11) is 0. The van der Waals surface area contributed by atoms with Gasteiger partial charge in [0.05, 0.1) is 0 Å². The molecule has 1 rings (SSSR count). The molecule has 3 heteroatoms. The summed E-state index contributed by atoms with van der Waals surface area (Å²) in [5.74, 6) is 0.0366. The summed E-state index contributed by atoms with van der Waals surface area (Å²) in [5, 5.41) is 11.6. The molecule has 16 heavy (non-hydrogen) atoms. The summed E-state index contributed by atoms with van der Waals surface area (Å²) >= 11 is 0. The van der Waals surface area contributed by atoms with E-state index >= 15 is 0 Å². The van der Waals surface area contributed by atoms with Crippen molar-refractivity contribution in [1.29, 1.82) is 0 Å². The number of anilines is 1. The fourth-order valence-corrected chi connectivity index (χ4v) is 1.62. The van der Waals surface area contributed by atoms with Gasteiger partial charge in [-0.1, -0.05) is 25.1 Å². The Morgan fingerprint density at radius 3 is 2.62 bits per heavy atom. The number of aliphatic hydroxyl groups is 1. The molecule has 0 heterocycles. The number of amides is 1. The fourth-order valence-electron chi connectivity index (χ4n) is 1.62. The molecule has 1 unspecified atom stereocenters. The summed E-state index contributed by atoms with van der Waals surface area (Å²) in [6.07, 6.45) is 2.23. The van der Waals surface area contributed by atoms with Crippen LogP contribution < -0.4 is 5.32 Å². The normalized spacial score (nSPS) is 12.1. The highest BCUT2D eigenvalue weighted by Crippen LogP contribution is 2.14. The van der Waals surface area contributed by atoms with Crippen molar-refractivity contribution in [1.82, 2.24) is 0 Å². The number of aliphatic hydroxyl groups excluding tert-OH is 1. The quantitative estimate of drug-likeness (QED) is 0.775. The van der Waals surface area contributed by atoms with Gasteiger partial charge in [0.25, 0.3) is 0 Å². The van der Waals surface area contributed by atoms with E-state index in [4.69, 9.17) is 5.11 Å². The van der Waals surface area contributed by atoms with Gasteiger partial charge in [0.1, 0.15) is 0 Å². The van der Waals surface area contributed by atoms with Crippen LogP contribution in [0.5, 0.6) is 0 Å². The Morgan fingerprint density at radius 2 is 2.06 bits per heavy atom. The predicted octanol–water partition coefficient (Wildman–Crippen LogP) is 2.42. The van der Waals surface area contributed by atoms with Crippen molar-refractivity contribution in [2.75, 3.05) is 11.9 Å². The molecule has 1 atom stereocenters. The first kappa shape index (κ1) is 12.7. The molecule has 1 aromatic carbocycles. The number of hydrogen-bond acceptors (Lipinski definition) is 2. The molecule has 0 aliphatic rings. The van der Waals surface area contributed by atoms with Crippen LogP contribution in [0.4, 0.5) is 5.69 Å². The average Bonchev–Trinajstić information content (AvgIpc) is 2.31. The van der Waals surface area contributed by atoms with Gasteiger partial charge in [0, 0.05) is 18.2 Å². The second-order valence-electron chi connectivity index (χ2n) is 3.83. The highest BCUT2D eigenvalue weighted by atomic mass is 16.3. The molecule has 2 N–H and O–H groups in total. The highest BCUT2D eigenvalue weighted by molar-refractivity contribution is 5.92. The van der Waals surface area contributed by atoms with E-state index in [1.165, 1.54) is 0 Å². The van der Waals surface area contributed by atoms with Gasteiger partial charge in [-0.25, -0.2) is 0 Å². The van der Waals surface area contributed by atoms with E-state index in [9.17, 15) is 4.79 Å². The molecule has 3 nitrogen and oxygen atoms in total. The Balaban J connectivity index is 2.49. The number of benzene rings is 1. The van der Waals surface area contributed by atoms with Crippen molar-refractivity contribution in [3.63, 3.8) is 0 Å². The lowest BCUT2D eigenvalue weighted by molar-refractivity contribution is -0.120. The molecule has 0 spiro atoms. The zero-order valence-corrected chi connectivity index (χ0v) is 9.65. The first-order valence-corrected chi connectivity index (χ1v) is 5.74. The first-order chi connectivity index (χ1) is 7.77. The molecule has 0 bridgehead atoms. The predicted molar refractivity (Wildman–Crippen MR) is 65.2 cm³/mol. The number of carbonyl (C=O) groups is 1. The summed E-state index contributed by atoms with van der Waals surface area (Å²) < 4.78 is 0. The molecule has 0 saturated carbocycles. The SMILES string of the molecule is CCC(CCCO)C(=O)Nc1ccccc1. The monoisotopic (exact) mass is 221 g/mol. The molecule has 0 saturated heterocycles. The summed E-state index contributed by atoms with van der Waals surface area (Å²) in [5.41, 5.74) is 0.829. The number of para-hydroxylation sites is 1. The Kier molecular flexibility index (Phi) is 5.57. The molecule has 88 valence electrons. The maximum atomic E-state index is 11.9. The summed E-state index contributed by atoms with van der Waals surface area (Å²) in [6.45, 7) is 2.14. The maximum Gasteiger partial charge on any atom is 0.227 e. The number of carbonyl (C=O) groups excluding carboxylic acids is 1. The van der Waals surface area contributed by atoms with Gasteiger partial charge in [-0.05, 0) is 31.4 Å². The van der Waals surface area contributed by atoms with Crippen LogP contribution in [0.3, 0.4) is 0 Å². The van der Waals surface area contributed by atoms with Crippen LogP contribution in [-0.2, 0) is 4.79 Å². The topological polar surface area (TPSA) is 49.3 Å². The highest BCUT2D eigenvalue weighted by Gasteiger charge is 2.15. The lowest BCUT2D eigenvalue weighted by atomic mass is 9.99. The Hall–Kier alpha value is -1.35. The second kappa shape index (κ2) is 7.01. The van der Waals surface area contributed by atoms with Crippen LogP contribution in [0.25, 0.3) is 0 Å². The Labute approximate surface area is 96.5 Å². The van der Waals surface area contributed by atoms with Gasteiger partial charge in [-0.2, -0.15) is 0 Å². The number of rotatable bonds is 6. The second-order valence-corrected chi connectivity index (χ2v) is 3.83. The van der Waals surface area contributed by atoms with E-state index in [0.29, 0.717) is 6.42 Å². The van der Waals surface area contributed by atoms with Gasteiger partial charge < -0.3 is 10.4 Å². The molecular formula is C13H19NO2. The van der Waals surface area contributed by atoms with Crippen LogP contribution in [0.1, 0.15) is 26.2 Å². The van der Waals surface area contributed by atoms with E-state index in [1.54, 1.807) is 0 Å². The Morgan fingerprint density at radius 1 is 1.38 bits per heavy atom. The number of nitrogens with one attached hydrogen (secondary N) is 1. The van der Waals surface area contributed by atoms with Crippen LogP contribution in [0.2, 0.25) is 0 Å². The fraction of sp³-hybridized carbons (Fsp3) is 0.462.